The number of nitrogens with zero attached hydrogens (tertiary/aromatic N) is 1. The van der Waals surface area contributed by atoms with Crippen LogP contribution in [-0.4, -0.2) is 16.8 Å². The third-order valence-electron chi connectivity index (χ3n) is 3.24. The number of benzene rings is 1. The van der Waals surface area contributed by atoms with Crippen molar-refractivity contribution in [2.24, 2.45) is 0 Å². The second-order valence-electron chi connectivity index (χ2n) is 5.02. The Morgan fingerprint density at radius 3 is 2.65 bits per heavy atom. The minimum atomic E-state index is -0.188. The number of carbonyl (C=O) groups is 2. The molecule has 1 aromatic carbocycles. The zero-order chi connectivity index (χ0) is 16.2. The lowest BCUT2D eigenvalue weighted by molar-refractivity contribution is -0.115. The fourth-order valence-electron chi connectivity index (χ4n) is 2.09. The van der Waals surface area contributed by atoms with E-state index in [2.05, 4.69) is 10.5 Å². The van der Waals surface area contributed by atoms with Gasteiger partial charge in [0.25, 0.3) is 0 Å². The van der Waals surface area contributed by atoms with Crippen LogP contribution in [0.4, 0.5) is 5.69 Å². The number of Topliss-reactive ketones (excluding diaryl/α,β-unsaturated/α-hetero) is 1. The molecule has 3 rings (SSSR count). The van der Waals surface area contributed by atoms with Gasteiger partial charge in [0.15, 0.2) is 11.5 Å². The van der Waals surface area contributed by atoms with Crippen LogP contribution in [0.1, 0.15) is 23.0 Å². The number of hydrogen-bond acceptors (Lipinski definition) is 5. The summed E-state index contributed by atoms with van der Waals surface area (Å²) >= 11 is 1.55. The van der Waals surface area contributed by atoms with Crippen molar-refractivity contribution in [2.75, 3.05) is 5.32 Å². The molecule has 0 unspecified atom stereocenters. The molecule has 0 radical (unpaired) electrons. The first-order valence-electron chi connectivity index (χ1n) is 7.02. The minimum Gasteiger partial charge on any atom is -0.355 e. The Morgan fingerprint density at radius 1 is 1.22 bits per heavy atom. The van der Waals surface area contributed by atoms with Crippen LogP contribution >= 0.6 is 11.3 Å². The lowest BCUT2D eigenvalue weighted by Gasteiger charge is -2.04. The fraction of sp³-hybridized carbons (Fsp3) is 0.118. The van der Waals surface area contributed by atoms with Gasteiger partial charge in [0.2, 0.25) is 5.91 Å². The second kappa shape index (κ2) is 6.58. The van der Waals surface area contributed by atoms with Gasteiger partial charge in [0.1, 0.15) is 0 Å². The van der Waals surface area contributed by atoms with E-state index < -0.39 is 0 Å². The van der Waals surface area contributed by atoms with E-state index in [-0.39, 0.29) is 18.1 Å². The number of anilines is 1. The van der Waals surface area contributed by atoms with Gasteiger partial charge < -0.3 is 9.84 Å². The highest BCUT2D eigenvalue weighted by Crippen LogP contribution is 2.25. The van der Waals surface area contributed by atoms with E-state index in [9.17, 15) is 9.59 Å². The maximum Gasteiger partial charge on any atom is 0.230 e. The van der Waals surface area contributed by atoms with E-state index in [1.807, 2.05) is 17.5 Å². The maximum absolute atomic E-state index is 12.0. The summed E-state index contributed by atoms with van der Waals surface area (Å²) in [5, 5.41) is 8.64. The molecule has 0 saturated carbocycles. The molecule has 1 N–H and O–H groups in total. The molecular formula is C17H14N2O3S. The van der Waals surface area contributed by atoms with Crippen LogP contribution in [0.3, 0.4) is 0 Å². The van der Waals surface area contributed by atoms with Crippen molar-refractivity contribution < 1.29 is 14.1 Å². The zero-order valence-electron chi connectivity index (χ0n) is 12.4. The van der Waals surface area contributed by atoms with Crippen molar-refractivity contribution in [3.05, 3.63) is 59.1 Å². The molecule has 0 bridgehead atoms. The molecule has 2 heterocycles. The van der Waals surface area contributed by atoms with Crippen LogP contribution in [0.15, 0.2) is 52.4 Å². The van der Waals surface area contributed by atoms with E-state index in [1.165, 1.54) is 6.92 Å². The van der Waals surface area contributed by atoms with Crippen LogP contribution in [0, 0.1) is 0 Å². The quantitative estimate of drug-likeness (QED) is 0.724. The van der Waals surface area contributed by atoms with E-state index in [0.29, 0.717) is 22.7 Å². The monoisotopic (exact) mass is 326 g/mol. The van der Waals surface area contributed by atoms with Gasteiger partial charge in [0.05, 0.1) is 17.0 Å². The molecule has 116 valence electrons. The number of rotatable bonds is 5. The lowest BCUT2D eigenvalue weighted by Crippen LogP contribution is -2.14. The predicted molar refractivity (Wildman–Crippen MR) is 88.6 cm³/mol. The van der Waals surface area contributed by atoms with Crippen molar-refractivity contribution in [2.45, 2.75) is 13.3 Å². The summed E-state index contributed by atoms with van der Waals surface area (Å²) in [5.41, 5.74) is 1.83. The molecule has 0 atom stereocenters. The summed E-state index contributed by atoms with van der Waals surface area (Å²) in [5.74, 6) is 0.465. The Labute approximate surface area is 136 Å². The molecule has 0 saturated heterocycles. The Kier molecular flexibility index (Phi) is 4.34. The molecule has 6 heteroatoms. The van der Waals surface area contributed by atoms with Crippen LogP contribution < -0.4 is 5.32 Å². The highest BCUT2D eigenvalue weighted by atomic mass is 32.1. The number of nitrogens with one attached hydrogen (secondary N) is 1. The molecule has 1 amide bonds. The van der Waals surface area contributed by atoms with Crippen LogP contribution in [0.2, 0.25) is 0 Å². The molecule has 23 heavy (non-hydrogen) atoms. The number of carbonyl (C=O) groups excluding carboxylic acids is 2. The number of thiophene rings is 1. The maximum atomic E-state index is 12.0. The van der Waals surface area contributed by atoms with Crippen molar-refractivity contribution in [3.63, 3.8) is 0 Å². The summed E-state index contributed by atoms with van der Waals surface area (Å²) in [6.45, 7) is 1.50. The Hall–Kier alpha value is -2.73. The first-order chi connectivity index (χ1) is 11.1. The van der Waals surface area contributed by atoms with Gasteiger partial charge in [-0.1, -0.05) is 11.2 Å². The molecular weight excluding hydrogens is 312 g/mol. The molecule has 0 aliphatic heterocycles. The van der Waals surface area contributed by atoms with Gasteiger partial charge in [-0.05, 0) is 42.6 Å². The number of ketones is 1. The molecule has 2 aromatic heterocycles. The van der Waals surface area contributed by atoms with E-state index in [1.54, 1.807) is 41.7 Å². The first kappa shape index (κ1) is 15.2. The normalized spacial score (nSPS) is 10.5. The van der Waals surface area contributed by atoms with Crippen LogP contribution in [0.5, 0.6) is 0 Å². The molecule has 0 spiro atoms. The summed E-state index contributed by atoms with van der Waals surface area (Å²) in [4.78, 5) is 24.2. The topological polar surface area (TPSA) is 72.2 Å². The van der Waals surface area contributed by atoms with Gasteiger partial charge in [-0.3, -0.25) is 9.59 Å². The van der Waals surface area contributed by atoms with Crippen molar-refractivity contribution >= 4 is 28.7 Å². The standard InChI is InChI=1S/C17H14N2O3S/c1-11(20)12-4-6-13(7-5-12)18-17(21)10-14-9-15(22-19-14)16-3-2-8-23-16/h2-9H,10H2,1H3,(H,18,21). The molecule has 3 aromatic rings. The highest BCUT2D eigenvalue weighted by Gasteiger charge is 2.11. The number of hydrogen-bond donors (Lipinski definition) is 1. The number of aromatic nitrogens is 1. The second-order valence-corrected chi connectivity index (χ2v) is 5.97. The summed E-state index contributed by atoms with van der Waals surface area (Å²) in [6, 6.07) is 12.4. The van der Waals surface area contributed by atoms with Crippen LogP contribution in [0.25, 0.3) is 10.6 Å². The van der Waals surface area contributed by atoms with E-state index in [4.69, 9.17) is 4.52 Å². The van der Waals surface area contributed by atoms with Gasteiger partial charge in [-0.2, -0.15) is 0 Å². The molecule has 0 aliphatic rings. The summed E-state index contributed by atoms with van der Waals surface area (Å²) < 4.78 is 5.25. The fourth-order valence-corrected chi connectivity index (χ4v) is 2.76. The average molecular weight is 326 g/mol. The molecule has 5 nitrogen and oxygen atoms in total. The van der Waals surface area contributed by atoms with Gasteiger partial charge in [-0.15, -0.1) is 11.3 Å². The Bertz CT molecular complexity index is 820. The predicted octanol–water partition coefficient (Wildman–Crippen LogP) is 3.79. The third-order valence-corrected chi connectivity index (χ3v) is 4.12. The van der Waals surface area contributed by atoms with E-state index >= 15 is 0 Å². The van der Waals surface area contributed by atoms with Gasteiger partial charge in [0, 0.05) is 17.3 Å². The lowest BCUT2D eigenvalue weighted by atomic mass is 10.1. The van der Waals surface area contributed by atoms with Crippen molar-refractivity contribution in [1.82, 2.24) is 5.16 Å². The first-order valence-corrected chi connectivity index (χ1v) is 7.90. The third kappa shape index (κ3) is 3.73. The summed E-state index contributed by atoms with van der Waals surface area (Å²) in [7, 11) is 0. The molecule has 0 fully saturated rings. The minimum absolute atomic E-state index is 0.00780. The van der Waals surface area contributed by atoms with Crippen molar-refractivity contribution in [3.8, 4) is 10.6 Å². The van der Waals surface area contributed by atoms with Crippen molar-refractivity contribution in [1.29, 1.82) is 0 Å². The van der Waals surface area contributed by atoms with Crippen LogP contribution in [-0.2, 0) is 11.2 Å². The number of amides is 1. The molecule has 0 aliphatic carbocycles. The smallest absolute Gasteiger partial charge is 0.230 e. The largest absolute Gasteiger partial charge is 0.355 e. The average Bonchev–Trinajstić information content (AvgIpc) is 3.18. The van der Waals surface area contributed by atoms with Gasteiger partial charge in [-0.25, -0.2) is 0 Å². The SMILES string of the molecule is CC(=O)c1ccc(NC(=O)Cc2cc(-c3cccs3)on2)cc1. The highest BCUT2D eigenvalue weighted by molar-refractivity contribution is 7.13. The Balaban J connectivity index is 1.62. The Morgan fingerprint density at radius 2 is 2.00 bits per heavy atom. The zero-order valence-corrected chi connectivity index (χ0v) is 13.2. The van der Waals surface area contributed by atoms with E-state index in [0.717, 1.165) is 4.88 Å². The van der Waals surface area contributed by atoms with Gasteiger partial charge >= 0.3 is 0 Å². The summed E-state index contributed by atoms with van der Waals surface area (Å²) in [6.07, 6.45) is 0.128.